The highest BCUT2D eigenvalue weighted by Crippen LogP contribution is 2.32. The SMILES string of the molecule is NC1=C2C=C[C@@H](C(=O)Nc3ccnc4[nH]ncc34)C=C2CCCC1. The molecule has 2 aliphatic carbocycles. The number of nitrogens with two attached hydrogens (primary N) is 1. The predicted molar refractivity (Wildman–Crippen MR) is 92.9 cm³/mol. The molecule has 2 aromatic rings. The third-order valence-electron chi connectivity index (χ3n) is 4.60. The summed E-state index contributed by atoms with van der Waals surface area (Å²) in [6, 6.07) is 1.78. The highest BCUT2D eigenvalue weighted by Gasteiger charge is 2.22. The molecule has 0 spiro atoms. The molecule has 1 amide bonds. The molecule has 6 heteroatoms. The van der Waals surface area contributed by atoms with Gasteiger partial charge in [-0.2, -0.15) is 5.10 Å². The summed E-state index contributed by atoms with van der Waals surface area (Å²) in [5, 5.41) is 10.6. The van der Waals surface area contributed by atoms with E-state index in [0.29, 0.717) is 11.3 Å². The summed E-state index contributed by atoms with van der Waals surface area (Å²) in [4.78, 5) is 16.8. The minimum atomic E-state index is -0.287. The number of amides is 1. The maximum absolute atomic E-state index is 12.7. The quantitative estimate of drug-likeness (QED) is 0.792. The Morgan fingerprint density at radius 2 is 2.21 bits per heavy atom. The second-order valence-corrected chi connectivity index (χ2v) is 6.20. The van der Waals surface area contributed by atoms with Crippen LogP contribution in [0, 0.1) is 5.92 Å². The highest BCUT2D eigenvalue weighted by molar-refractivity contribution is 6.02. The van der Waals surface area contributed by atoms with Crippen molar-refractivity contribution in [3.63, 3.8) is 0 Å². The van der Waals surface area contributed by atoms with Crippen LogP contribution in [0.4, 0.5) is 5.69 Å². The van der Waals surface area contributed by atoms with Crippen LogP contribution >= 0.6 is 0 Å². The molecule has 0 radical (unpaired) electrons. The van der Waals surface area contributed by atoms with Crippen molar-refractivity contribution in [2.45, 2.75) is 25.7 Å². The number of hydrogen-bond donors (Lipinski definition) is 3. The van der Waals surface area contributed by atoms with Crippen molar-refractivity contribution in [1.29, 1.82) is 0 Å². The summed E-state index contributed by atoms with van der Waals surface area (Å²) >= 11 is 0. The summed E-state index contributed by atoms with van der Waals surface area (Å²) in [6.07, 6.45) is 13.4. The van der Waals surface area contributed by atoms with E-state index in [2.05, 4.69) is 20.5 Å². The maximum atomic E-state index is 12.7. The number of anilines is 1. The van der Waals surface area contributed by atoms with Crippen LogP contribution in [0.2, 0.25) is 0 Å². The second kappa shape index (κ2) is 5.96. The number of H-pyrrole nitrogens is 1. The predicted octanol–water partition coefficient (Wildman–Crippen LogP) is 2.80. The zero-order valence-corrected chi connectivity index (χ0v) is 13.2. The van der Waals surface area contributed by atoms with Gasteiger partial charge < -0.3 is 11.1 Å². The van der Waals surface area contributed by atoms with Gasteiger partial charge in [0.2, 0.25) is 5.91 Å². The molecule has 2 aliphatic rings. The van der Waals surface area contributed by atoms with E-state index in [1.807, 2.05) is 18.2 Å². The highest BCUT2D eigenvalue weighted by atomic mass is 16.1. The van der Waals surface area contributed by atoms with Gasteiger partial charge in [-0.05, 0) is 42.9 Å². The number of nitrogens with zero attached hydrogens (tertiary/aromatic N) is 2. The van der Waals surface area contributed by atoms with Crippen LogP contribution in [-0.4, -0.2) is 21.1 Å². The van der Waals surface area contributed by atoms with Crippen LogP contribution in [0.15, 0.2) is 53.5 Å². The summed E-state index contributed by atoms with van der Waals surface area (Å²) in [7, 11) is 0. The van der Waals surface area contributed by atoms with Crippen molar-refractivity contribution in [3.05, 3.63) is 53.5 Å². The molecule has 2 heterocycles. The lowest BCUT2D eigenvalue weighted by Crippen LogP contribution is -2.22. The topological polar surface area (TPSA) is 96.7 Å². The molecular weight excluding hydrogens is 302 g/mol. The lowest BCUT2D eigenvalue weighted by Gasteiger charge is -2.18. The average molecular weight is 321 g/mol. The van der Waals surface area contributed by atoms with E-state index in [1.165, 1.54) is 5.57 Å². The molecule has 0 aromatic carbocycles. The first kappa shape index (κ1) is 14.7. The fourth-order valence-corrected chi connectivity index (χ4v) is 3.30. The van der Waals surface area contributed by atoms with Crippen molar-refractivity contribution in [1.82, 2.24) is 15.2 Å². The Labute approximate surface area is 139 Å². The van der Waals surface area contributed by atoms with Crippen molar-refractivity contribution in [2.24, 2.45) is 11.7 Å². The van der Waals surface area contributed by atoms with Gasteiger partial charge in [-0.3, -0.25) is 9.89 Å². The van der Waals surface area contributed by atoms with Gasteiger partial charge in [-0.15, -0.1) is 0 Å². The Kier molecular flexibility index (Phi) is 3.65. The molecule has 0 unspecified atom stereocenters. The number of hydrogen-bond acceptors (Lipinski definition) is 4. The van der Waals surface area contributed by atoms with E-state index in [-0.39, 0.29) is 11.8 Å². The molecule has 24 heavy (non-hydrogen) atoms. The first-order chi connectivity index (χ1) is 11.7. The van der Waals surface area contributed by atoms with Gasteiger partial charge in [0.1, 0.15) is 0 Å². The van der Waals surface area contributed by atoms with E-state index < -0.39 is 0 Å². The molecule has 0 saturated heterocycles. The van der Waals surface area contributed by atoms with Crippen molar-refractivity contribution < 1.29 is 4.79 Å². The average Bonchev–Trinajstić information content (AvgIpc) is 3.00. The number of aromatic amines is 1. The summed E-state index contributed by atoms with van der Waals surface area (Å²) in [5.41, 5.74) is 10.8. The molecule has 0 saturated carbocycles. The van der Waals surface area contributed by atoms with E-state index in [4.69, 9.17) is 5.73 Å². The maximum Gasteiger partial charge on any atom is 0.235 e. The lowest BCUT2D eigenvalue weighted by atomic mass is 9.90. The molecule has 0 bridgehead atoms. The first-order valence-corrected chi connectivity index (χ1v) is 8.19. The number of carbonyl (C=O) groups excluding carboxylic acids is 1. The lowest BCUT2D eigenvalue weighted by molar-refractivity contribution is -0.117. The Morgan fingerprint density at radius 1 is 1.33 bits per heavy atom. The van der Waals surface area contributed by atoms with Gasteiger partial charge in [0.15, 0.2) is 5.65 Å². The van der Waals surface area contributed by atoms with Gasteiger partial charge >= 0.3 is 0 Å². The van der Waals surface area contributed by atoms with Crippen LogP contribution in [0.1, 0.15) is 25.7 Å². The number of carbonyl (C=O) groups is 1. The van der Waals surface area contributed by atoms with Crippen LogP contribution in [-0.2, 0) is 4.79 Å². The van der Waals surface area contributed by atoms with E-state index in [1.54, 1.807) is 18.5 Å². The molecule has 122 valence electrons. The molecule has 4 rings (SSSR count). The second-order valence-electron chi connectivity index (χ2n) is 6.20. The largest absolute Gasteiger partial charge is 0.402 e. The Balaban J connectivity index is 1.59. The number of pyridine rings is 1. The Bertz CT molecular complexity index is 890. The number of nitrogens with one attached hydrogen (secondary N) is 2. The first-order valence-electron chi connectivity index (χ1n) is 8.19. The molecular formula is C18H19N5O. The fourth-order valence-electron chi connectivity index (χ4n) is 3.30. The zero-order valence-electron chi connectivity index (χ0n) is 13.2. The zero-order chi connectivity index (χ0) is 16.5. The number of rotatable bonds is 2. The summed E-state index contributed by atoms with van der Waals surface area (Å²) < 4.78 is 0. The molecule has 6 nitrogen and oxygen atoms in total. The third-order valence-corrected chi connectivity index (χ3v) is 4.60. The fraction of sp³-hybridized carbons (Fsp3) is 0.278. The Hall–Kier alpha value is -2.89. The Morgan fingerprint density at radius 3 is 3.12 bits per heavy atom. The molecule has 1 atom stereocenters. The van der Waals surface area contributed by atoms with Gasteiger partial charge in [0.05, 0.1) is 23.2 Å². The minimum absolute atomic E-state index is 0.0608. The van der Waals surface area contributed by atoms with Crippen molar-refractivity contribution in [2.75, 3.05) is 5.32 Å². The molecule has 0 aliphatic heterocycles. The van der Waals surface area contributed by atoms with Crippen LogP contribution in [0.25, 0.3) is 11.0 Å². The van der Waals surface area contributed by atoms with Gasteiger partial charge in [0, 0.05) is 11.9 Å². The monoisotopic (exact) mass is 321 g/mol. The van der Waals surface area contributed by atoms with Crippen molar-refractivity contribution in [3.8, 4) is 0 Å². The smallest absolute Gasteiger partial charge is 0.235 e. The molecule has 2 aromatic heterocycles. The van der Waals surface area contributed by atoms with E-state index >= 15 is 0 Å². The van der Waals surface area contributed by atoms with E-state index in [9.17, 15) is 4.79 Å². The van der Waals surface area contributed by atoms with E-state index in [0.717, 1.165) is 42.3 Å². The standard InChI is InChI=1S/C18H19N5O/c19-15-4-2-1-3-11-9-12(5-6-13(11)15)18(24)22-16-7-8-20-17-14(16)10-21-23-17/h5-10,12H,1-4,19H2,(H2,20,21,22,23,24)/t12-/m1/s1. The van der Waals surface area contributed by atoms with Crippen molar-refractivity contribution >= 4 is 22.6 Å². The normalized spacial score (nSPS) is 20.5. The van der Waals surface area contributed by atoms with Crippen LogP contribution < -0.4 is 11.1 Å². The third kappa shape index (κ3) is 2.60. The van der Waals surface area contributed by atoms with Gasteiger partial charge in [0.25, 0.3) is 0 Å². The number of fused-ring (bicyclic) bond motifs is 2. The van der Waals surface area contributed by atoms with Gasteiger partial charge in [-0.25, -0.2) is 4.98 Å². The van der Waals surface area contributed by atoms with Crippen LogP contribution in [0.3, 0.4) is 0 Å². The summed E-state index contributed by atoms with van der Waals surface area (Å²) in [6.45, 7) is 0. The number of aromatic nitrogens is 3. The minimum Gasteiger partial charge on any atom is -0.402 e. The van der Waals surface area contributed by atoms with Gasteiger partial charge in [-0.1, -0.05) is 18.2 Å². The number of allylic oxidation sites excluding steroid dienone is 4. The molecule has 0 fully saturated rings. The summed E-state index contributed by atoms with van der Waals surface area (Å²) in [5.74, 6) is -0.348. The van der Waals surface area contributed by atoms with Crippen LogP contribution in [0.5, 0.6) is 0 Å². The molecule has 4 N–H and O–H groups in total.